The van der Waals surface area contributed by atoms with Gasteiger partial charge in [0.25, 0.3) is 0 Å². The second-order valence-corrected chi connectivity index (χ2v) is 4.19. The molecule has 0 aromatic carbocycles. The molecule has 1 amide bonds. The quantitative estimate of drug-likeness (QED) is 0.665. The number of methoxy groups -OCH3 is 1. The van der Waals surface area contributed by atoms with E-state index in [9.17, 15) is 9.59 Å². The van der Waals surface area contributed by atoms with Crippen LogP contribution in [0, 0.1) is 0 Å². The zero-order chi connectivity index (χ0) is 14.4. The van der Waals surface area contributed by atoms with E-state index in [2.05, 4.69) is 20.4 Å². The maximum atomic E-state index is 11.5. The number of rotatable bonds is 5. The molecule has 0 unspecified atom stereocenters. The van der Waals surface area contributed by atoms with Crippen LogP contribution >= 0.6 is 0 Å². The van der Waals surface area contributed by atoms with Crippen LogP contribution in [0.1, 0.15) is 24.2 Å². The summed E-state index contributed by atoms with van der Waals surface area (Å²) in [5.74, 6) is -0.448. The first-order valence-corrected chi connectivity index (χ1v) is 5.81. The summed E-state index contributed by atoms with van der Waals surface area (Å²) in [6.07, 6.45) is 1.42. The van der Waals surface area contributed by atoms with Gasteiger partial charge in [-0.05, 0) is 19.9 Å². The Labute approximate surface area is 111 Å². The Morgan fingerprint density at radius 1 is 1.47 bits per heavy atom. The number of nitrogens with one attached hydrogen (secondary N) is 2. The van der Waals surface area contributed by atoms with Gasteiger partial charge < -0.3 is 21.1 Å². The minimum absolute atomic E-state index is 0.0278. The maximum Gasteiger partial charge on any atom is 0.340 e. The third-order valence-electron chi connectivity index (χ3n) is 2.26. The van der Waals surface area contributed by atoms with Gasteiger partial charge in [0.1, 0.15) is 5.82 Å². The lowest BCUT2D eigenvalue weighted by Gasteiger charge is -2.12. The lowest BCUT2D eigenvalue weighted by Crippen LogP contribution is -2.35. The Hall–Kier alpha value is -2.31. The van der Waals surface area contributed by atoms with Crippen LogP contribution in [0.25, 0.3) is 0 Å². The van der Waals surface area contributed by atoms with Crippen molar-refractivity contribution in [2.45, 2.75) is 19.9 Å². The van der Waals surface area contributed by atoms with E-state index in [1.54, 1.807) is 0 Å². The van der Waals surface area contributed by atoms with Crippen LogP contribution in [0.2, 0.25) is 0 Å². The number of anilines is 2. The van der Waals surface area contributed by atoms with Crippen molar-refractivity contribution in [2.24, 2.45) is 0 Å². The SMILES string of the molecule is COC(=O)c1ccnc(NCC(=O)NC(C)C)c1N. The second kappa shape index (κ2) is 6.58. The zero-order valence-electron chi connectivity index (χ0n) is 11.2. The van der Waals surface area contributed by atoms with E-state index in [-0.39, 0.29) is 35.6 Å². The Kier molecular flexibility index (Phi) is 5.11. The normalized spacial score (nSPS) is 10.1. The fraction of sp³-hybridized carbons (Fsp3) is 0.417. The standard InChI is InChI=1S/C12H18N4O3/c1-7(2)16-9(17)6-15-11-10(13)8(4-5-14-11)12(18)19-3/h4-5,7H,6,13H2,1-3H3,(H,14,15)(H,16,17). The highest BCUT2D eigenvalue weighted by Gasteiger charge is 2.14. The van der Waals surface area contributed by atoms with Crippen molar-refractivity contribution < 1.29 is 14.3 Å². The molecule has 7 nitrogen and oxygen atoms in total. The van der Waals surface area contributed by atoms with E-state index in [1.807, 2.05) is 13.8 Å². The van der Waals surface area contributed by atoms with Crippen molar-refractivity contribution in [3.63, 3.8) is 0 Å². The summed E-state index contributed by atoms with van der Waals surface area (Å²) in [6.45, 7) is 3.75. The summed E-state index contributed by atoms with van der Waals surface area (Å²) < 4.78 is 4.60. The number of aromatic nitrogens is 1. The molecule has 0 saturated heterocycles. The first-order valence-electron chi connectivity index (χ1n) is 5.81. The topological polar surface area (TPSA) is 106 Å². The van der Waals surface area contributed by atoms with Crippen molar-refractivity contribution in [1.29, 1.82) is 0 Å². The molecule has 0 fully saturated rings. The molecule has 0 radical (unpaired) electrons. The molecule has 0 bridgehead atoms. The first kappa shape index (κ1) is 14.7. The third kappa shape index (κ3) is 4.13. The fourth-order valence-electron chi connectivity index (χ4n) is 1.44. The molecule has 104 valence electrons. The van der Waals surface area contributed by atoms with E-state index in [0.717, 1.165) is 0 Å². The largest absolute Gasteiger partial charge is 0.465 e. The molecule has 19 heavy (non-hydrogen) atoms. The Bertz CT molecular complexity index is 474. The lowest BCUT2D eigenvalue weighted by molar-refractivity contribution is -0.119. The number of carbonyl (C=O) groups is 2. The van der Waals surface area contributed by atoms with Crippen molar-refractivity contribution in [3.05, 3.63) is 17.8 Å². The minimum Gasteiger partial charge on any atom is -0.465 e. The molecule has 0 aliphatic heterocycles. The Balaban J connectivity index is 2.74. The van der Waals surface area contributed by atoms with Gasteiger partial charge in [0.05, 0.1) is 24.9 Å². The number of amides is 1. The molecule has 1 aromatic rings. The van der Waals surface area contributed by atoms with E-state index in [0.29, 0.717) is 0 Å². The van der Waals surface area contributed by atoms with Crippen LogP contribution in [-0.2, 0) is 9.53 Å². The Morgan fingerprint density at radius 2 is 2.16 bits per heavy atom. The van der Waals surface area contributed by atoms with Gasteiger partial charge in [0.15, 0.2) is 0 Å². The average Bonchev–Trinajstić information content (AvgIpc) is 2.36. The molecule has 7 heteroatoms. The van der Waals surface area contributed by atoms with Gasteiger partial charge in [-0.2, -0.15) is 0 Å². The fourth-order valence-corrected chi connectivity index (χ4v) is 1.44. The summed E-state index contributed by atoms with van der Waals surface area (Å²) in [6, 6.07) is 1.52. The highest BCUT2D eigenvalue weighted by atomic mass is 16.5. The maximum absolute atomic E-state index is 11.5. The summed E-state index contributed by atoms with van der Waals surface area (Å²) in [5.41, 5.74) is 6.16. The molecule has 4 N–H and O–H groups in total. The lowest BCUT2D eigenvalue weighted by atomic mass is 10.2. The van der Waals surface area contributed by atoms with Crippen LogP contribution < -0.4 is 16.4 Å². The molecule has 0 saturated carbocycles. The Morgan fingerprint density at radius 3 is 2.74 bits per heavy atom. The second-order valence-electron chi connectivity index (χ2n) is 4.19. The number of esters is 1. The minimum atomic E-state index is -0.547. The molecule has 1 heterocycles. The van der Waals surface area contributed by atoms with Gasteiger partial charge in [-0.15, -0.1) is 0 Å². The molecule has 0 aliphatic rings. The van der Waals surface area contributed by atoms with Gasteiger partial charge in [-0.3, -0.25) is 4.79 Å². The third-order valence-corrected chi connectivity index (χ3v) is 2.26. The van der Waals surface area contributed by atoms with Crippen LogP contribution in [0.15, 0.2) is 12.3 Å². The predicted molar refractivity (Wildman–Crippen MR) is 71.8 cm³/mol. The molecule has 1 aromatic heterocycles. The van der Waals surface area contributed by atoms with Crippen LogP contribution in [0.3, 0.4) is 0 Å². The number of ether oxygens (including phenoxy) is 1. The molecule has 0 spiro atoms. The van der Waals surface area contributed by atoms with Crippen LogP contribution in [-0.4, -0.2) is 36.6 Å². The van der Waals surface area contributed by atoms with Gasteiger partial charge in [-0.1, -0.05) is 0 Å². The van der Waals surface area contributed by atoms with Crippen molar-refractivity contribution >= 4 is 23.4 Å². The van der Waals surface area contributed by atoms with Gasteiger partial charge in [0.2, 0.25) is 5.91 Å². The van der Waals surface area contributed by atoms with Crippen molar-refractivity contribution in [3.8, 4) is 0 Å². The predicted octanol–water partition coefficient (Wildman–Crippen LogP) is 0.387. The number of carbonyl (C=O) groups excluding carboxylic acids is 2. The number of pyridine rings is 1. The summed E-state index contributed by atoms with van der Waals surface area (Å²) in [7, 11) is 1.27. The van der Waals surface area contributed by atoms with Gasteiger partial charge >= 0.3 is 5.97 Å². The van der Waals surface area contributed by atoms with Gasteiger partial charge in [0, 0.05) is 12.2 Å². The van der Waals surface area contributed by atoms with Crippen molar-refractivity contribution in [2.75, 3.05) is 24.7 Å². The number of nitrogen functional groups attached to an aromatic ring is 1. The molecule has 0 atom stereocenters. The monoisotopic (exact) mass is 266 g/mol. The summed E-state index contributed by atoms with van der Waals surface area (Å²) in [5, 5.41) is 5.50. The number of nitrogens with zero attached hydrogens (tertiary/aromatic N) is 1. The van der Waals surface area contributed by atoms with Crippen molar-refractivity contribution in [1.82, 2.24) is 10.3 Å². The van der Waals surface area contributed by atoms with E-state index >= 15 is 0 Å². The molecule has 1 rings (SSSR count). The smallest absolute Gasteiger partial charge is 0.340 e. The summed E-state index contributed by atoms with van der Waals surface area (Å²) >= 11 is 0. The highest BCUT2D eigenvalue weighted by Crippen LogP contribution is 2.20. The van der Waals surface area contributed by atoms with E-state index in [1.165, 1.54) is 19.4 Å². The average molecular weight is 266 g/mol. The van der Waals surface area contributed by atoms with Crippen LogP contribution in [0.4, 0.5) is 11.5 Å². The van der Waals surface area contributed by atoms with E-state index < -0.39 is 5.97 Å². The van der Waals surface area contributed by atoms with E-state index in [4.69, 9.17) is 5.73 Å². The number of hydrogen-bond acceptors (Lipinski definition) is 6. The summed E-state index contributed by atoms with van der Waals surface area (Å²) in [4.78, 5) is 26.9. The number of nitrogens with two attached hydrogens (primary N) is 1. The molecular weight excluding hydrogens is 248 g/mol. The van der Waals surface area contributed by atoms with Gasteiger partial charge in [-0.25, -0.2) is 9.78 Å². The zero-order valence-corrected chi connectivity index (χ0v) is 11.2. The van der Waals surface area contributed by atoms with Crippen LogP contribution in [0.5, 0.6) is 0 Å². The highest BCUT2D eigenvalue weighted by molar-refractivity contribution is 5.97. The molecule has 0 aliphatic carbocycles. The first-order chi connectivity index (χ1) is 8.95. The number of hydrogen-bond donors (Lipinski definition) is 3. The molecular formula is C12H18N4O3.